The second-order valence-electron chi connectivity index (χ2n) is 5.51. The summed E-state index contributed by atoms with van der Waals surface area (Å²) in [5.41, 5.74) is 2.48. The molecular weight excluding hydrogens is 308 g/mol. The predicted molar refractivity (Wildman–Crippen MR) is 89.3 cm³/mol. The molecule has 0 atom stereocenters. The molecule has 0 spiro atoms. The lowest BCUT2D eigenvalue weighted by Crippen LogP contribution is -2.13. The van der Waals surface area contributed by atoms with Crippen LogP contribution in [0.2, 0.25) is 0 Å². The molecule has 0 fully saturated rings. The first-order valence-corrected chi connectivity index (χ1v) is 7.64. The summed E-state index contributed by atoms with van der Waals surface area (Å²) in [5.74, 6) is -0.753. The maximum atomic E-state index is 12.4. The zero-order valence-electron chi connectivity index (χ0n) is 13.2. The molecular formula is C18H14N2O4. The number of aryl methyl sites for hydroxylation is 1. The minimum atomic E-state index is -0.609. The molecule has 3 aromatic rings. The second-order valence-corrected chi connectivity index (χ2v) is 5.51. The van der Waals surface area contributed by atoms with E-state index in [-0.39, 0.29) is 11.7 Å². The average Bonchev–Trinajstić information content (AvgIpc) is 3.07. The molecule has 1 aliphatic rings. The van der Waals surface area contributed by atoms with E-state index in [4.69, 9.17) is 4.74 Å². The number of carbonyl (C=O) groups excluding carboxylic acids is 2. The Hall–Kier alpha value is -3.15. The van der Waals surface area contributed by atoms with E-state index in [2.05, 4.69) is 21.5 Å². The van der Waals surface area contributed by atoms with Gasteiger partial charge in [0.25, 0.3) is 5.78 Å². The molecule has 6 nitrogen and oxygen atoms in total. The summed E-state index contributed by atoms with van der Waals surface area (Å²) >= 11 is 0. The number of ether oxygens (including phenoxy) is 1. The van der Waals surface area contributed by atoms with Gasteiger partial charge in [-0.15, -0.1) is 0 Å². The Balaban J connectivity index is 1.99. The van der Waals surface area contributed by atoms with E-state index in [9.17, 15) is 9.59 Å². The first-order chi connectivity index (χ1) is 11.6. The van der Waals surface area contributed by atoms with Crippen molar-refractivity contribution in [2.24, 2.45) is 5.16 Å². The molecule has 0 aliphatic carbocycles. The number of carbonyl (C=O) groups is 2. The van der Waals surface area contributed by atoms with E-state index >= 15 is 0 Å². The third-order valence-corrected chi connectivity index (χ3v) is 4.10. The topological polar surface area (TPSA) is 69.9 Å². The molecule has 1 aromatic heterocycles. The number of aromatic nitrogens is 1. The minimum absolute atomic E-state index is 0.221. The van der Waals surface area contributed by atoms with E-state index in [0.29, 0.717) is 11.3 Å². The van der Waals surface area contributed by atoms with Crippen molar-refractivity contribution >= 4 is 39.5 Å². The minimum Gasteiger partial charge on any atom is -0.432 e. The monoisotopic (exact) mass is 322 g/mol. The van der Waals surface area contributed by atoms with Crippen LogP contribution in [0, 0.1) is 0 Å². The number of ketones is 1. The van der Waals surface area contributed by atoms with Gasteiger partial charge >= 0.3 is 11.9 Å². The highest BCUT2D eigenvalue weighted by Gasteiger charge is 2.33. The summed E-state index contributed by atoms with van der Waals surface area (Å²) in [6.45, 7) is 4.08. The lowest BCUT2D eigenvalue weighted by Gasteiger charge is -2.03. The molecule has 0 amide bonds. The summed E-state index contributed by atoms with van der Waals surface area (Å²) < 4.78 is 7.83. The molecule has 6 heteroatoms. The summed E-state index contributed by atoms with van der Waals surface area (Å²) in [6.07, 6.45) is 0. The molecule has 0 saturated carbocycles. The van der Waals surface area contributed by atoms with Gasteiger partial charge in [-0.3, -0.25) is 4.79 Å². The predicted octanol–water partition coefficient (Wildman–Crippen LogP) is 3.27. The van der Waals surface area contributed by atoms with Gasteiger partial charge < -0.3 is 14.1 Å². The van der Waals surface area contributed by atoms with Gasteiger partial charge in [0.05, 0.1) is 16.5 Å². The molecule has 2 aromatic carbocycles. The van der Waals surface area contributed by atoms with Crippen LogP contribution in [0.15, 0.2) is 41.6 Å². The van der Waals surface area contributed by atoms with Gasteiger partial charge in [0.2, 0.25) is 0 Å². The van der Waals surface area contributed by atoms with Crippen LogP contribution in [0.25, 0.3) is 21.8 Å². The van der Waals surface area contributed by atoms with E-state index in [1.165, 1.54) is 6.92 Å². The van der Waals surface area contributed by atoms with Gasteiger partial charge in [0.15, 0.2) is 5.75 Å². The molecule has 2 heterocycles. The van der Waals surface area contributed by atoms with Gasteiger partial charge in [-0.25, -0.2) is 4.79 Å². The average molecular weight is 322 g/mol. The highest BCUT2D eigenvalue weighted by atomic mass is 16.7. The van der Waals surface area contributed by atoms with Crippen molar-refractivity contribution in [1.82, 2.24) is 4.57 Å². The van der Waals surface area contributed by atoms with Crippen molar-refractivity contribution in [3.05, 3.63) is 42.0 Å². The maximum absolute atomic E-state index is 12.4. The number of fused-ring (bicyclic) bond motifs is 5. The molecule has 24 heavy (non-hydrogen) atoms. The van der Waals surface area contributed by atoms with E-state index in [1.54, 1.807) is 6.07 Å². The van der Waals surface area contributed by atoms with Gasteiger partial charge in [0, 0.05) is 24.4 Å². The quantitative estimate of drug-likeness (QED) is 0.536. The molecule has 0 N–H and O–H groups in total. The Morgan fingerprint density at radius 2 is 2.00 bits per heavy atom. The van der Waals surface area contributed by atoms with Crippen LogP contribution >= 0.6 is 0 Å². The Morgan fingerprint density at radius 3 is 2.75 bits per heavy atom. The van der Waals surface area contributed by atoms with Gasteiger partial charge in [-0.1, -0.05) is 18.2 Å². The molecule has 0 bridgehead atoms. The van der Waals surface area contributed by atoms with Crippen LogP contribution in [0.4, 0.5) is 0 Å². The first-order valence-electron chi connectivity index (χ1n) is 7.64. The number of Topliss-reactive ketones (excluding diaryl/α,β-unsaturated/α-hetero) is 1. The molecule has 120 valence electrons. The second kappa shape index (κ2) is 5.19. The van der Waals surface area contributed by atoms with Crippen molar-refractivity contribution in [2.45, 2.75) is 20.4 Å². The summed E-state index contributed by atoms with van der Waals surface area (Å²) in [6, 6.07) is 11.6. The van der Waals surface area contributed by atoms with Crippen LogP contribution in [0.3, 0.4) is 0 Å². The SMILES string of the molecule is CCn1c2ccccc2c2c3c(ccc21)C(=O)/C(=N/OC(C)=O)O3. The number of nitrogens with zero attached hydrogens (tertiary/aromatic N) is 2. The van der Waals surface area contributed by atoms with Gasteiger partial charge in [-0.05, 0) is 30.3 Å². The van der Waals surface area contributed by atoms with Crippen molar-refractivity contribution < 1.29 is 19.2 Å². The Bertz CT molecular complexity index is 1050. The fraction of sp³-hybridized carbons (Fsp3) is 0.167. The van der Waals surface area contributed by atoms with Gasteiger partial charge in [-0.2, -0.15) is 0 Å². The summed E-state index contributed by atoms with van der Waals surface area (Å²) in [4.78, 5) is 27.9. The van der Waals surface area contributed by atoms with E-state index in [1.807, 2.05) is 30.3 Å². The van der Waals surface area contributed by atoms with Crippen LogP contribution in [-0.2, 0) is 16.2 Å². The number of hydrogen-bond donors (Lipinski definition) is 0. The van der Waals surface area contributed by atoms with Crippen LogP contribution in [0.5, 0.6) is 5.75 Å². The Kier molecular flexibility index (Phi) is 3.13. The molecule has 4 rings (SSSR count). The smallest absolute Gasteiger partial charge is 0.332 e. The van der Waals surface area contributed by atoms with Crippen LogP contribution < -0.4 is 4.74 Å². The third kappa shape index (κ3) is 1.93. The normalized spacial score (nSPS) is 15.1. The highest BCUT2D eigenvalue weighted by Crippen LogP contribution is 2.40. The van der Waals surface area contributed by atoms with Crippen molar-refractivity contribution in [3.8, 4) is 5.75 Å². The molecule has 0 unspecified atom stereocenters. The highest BCUT2D eigenvalue weighted by molar-refractivity contribution is 6.47. The van der Waals surface area contributed by atoms with Crippen LogP contribution in [0.1, 0.15) is 24.2 Å². The van der Waals surface area contributed by atoms with Crippen molar-refractivity contribution in [2.75, 3.05) is 0 Å². The van der Waals surface area contributed by atoms with Crippen molar-refractivity contribution in [3.63, 3.8) is 0 Å². The lowest BCUT2D eigenvalue weighted by atomic mass is 10.1. The zero-order valence-corrected chi connectivity index (χ0v) is 13.2. The fourth-order valence-corrected chi connectivity index (χ4v) is 3.16. The summed E-state index contributed by atoms with van der Waals surface area (Å²) in [7, 11) is 0. The fourth-order valence-electron chi connectivity index (χ4n) is 3.16. The van der Waals surface area contributed by atoms with E-state index in [0.717, 1.165) is 28.4 Å². The Morgan fingerprint density at radius 1 is 1.21 bits per heavy atom. The number of benzene rings is 2. The number of rotatable bonds is 2. The van der Waals surface area contributed by atoms with E-state index < -0.39 is 5.97 Å². The summed E-state index contributed by atoms with van der Waals surface area (Å²) in [5, 5.41) is 5.39. The molecule has 0 saturated heterocycles. The standard InChI is InChI=1S/C18H14N2O4/c1-3-20-13-7-5-4-6-11(13)15-14(20)9-8-12-16(22)18(23-17(12)15)19-24-10(2)21/h4-9H,3H2,1-2H3/b19-18-. The zero-order chi connectivity index (χ0) is 16.8. The van der Waals surface area contributed by atoms with Crippen molar-refractivity contribution in [1.29, 1.82) is 0 Å². The number of para-hydroxylation sites is 1. The third-order valence-electron chi connectivity index (χ3n) is 4.10. The molecule has 0 radical (unpaired) electrons. The largest absolute Gasteiger partial charge is 0.432 e. The molecule has 1 aliphatic heterocycles. The first kappa shape index (κ1) is 14.4. The number of hydrogen-bond acceptors (Lipinski definition) is 5. The van der Waals surface area contributed by atoms with Crippen LogP contribution in [-0.4, -0.2) is 22.2 Å². The maximum Gasteiger partial charge on any atom is 0.332 e. The Labute approximate surface area is 137 Å². The number of oxime groups is 1. The lowest BCUT2D eigenvalue weighted by molar-refractivity contribution is -0.141. The van der Waals surface area contributed by atoms with Gasteiger partial charge in [0.1, 0.15) is 0 Å².